The van der Waals surface area contributed by atoms with Gasteiger partial charge in [-0.3, -0.25) is 19.5 Å². The van der Waals surface area contributed by atoms with Gasteiger partial charge in [0.2, 0.25) is 11.0 Å². The number of aromatic nitrogens is 4. The summed E-state index contributed by atoms with van der Waals surface area (Å²) < 4.78 is 1.50. The molecule has 10 heteroatoms. The summed E-state index contributed by atoms with van der Waals surface area (Å²) in [5, 5.41) is 12.2. The maximum Gasteiger partial charge on any atom is 0.267 e. The topological polar surface area (TPSA) is 89.8 Å². The molecule has 116 valence electrons. The third-order valence-electron chi connectivity index (χ3n) is 2.97. The van der Waals surface area contributed by atoms with Gasteiger partial charge in [0.05, 0.1) is 16.3 Å². The molecule has 3 heterocycles. The Bertz CT molecular complexity index is 786. The number of nitrogens with zero attached hydrogens (tertiary/aromatic N) is 4. The van der Waals surface area contributed by atoms with Gasteiger partial charge >= 0.3 is 0 Å². The maximum absolute atomic E-state index is 12.2. The fourth-order valence-electron chi connectivity index (χ4n) is 1.93. The van der Waals surface area contributed by atoms with Gasteiger partial charge in [0.25, 0.3) is 5.56 Å². The number of hydrogen-bond donors (Lipinski definition) is 1. The molecule has 0 radical (unpaired) electrons. The van der Waals surface area contributed by atoms with Crippen molar-refractivity contribution in [3.05, 3.63) is 21.1 Å². The number of carbonyl (C=O) groups excluding carboxylic acids is 1. The highest BCUT2D eigenvalue weighted by atomic mass is 32.2. The third kappa shape index (κ3) is 3.18. The first-order chi connectivity index (χ1) is 10.5. The van der Waals surface area contributed by atoms with Crippen molar-refractivity contribution in [3.8, 4) is 0 Å². The van der Waals surface area contributed by atoms with E-state index in [0.717, 1.165) is 27.8 Å². The second kappa shape index (κ2) is 6.39. The zero-order valence-electron chi connectivity index (χ0n) is 12.0. The van der Waals surface area contributed by atoms with E-state index in [4.69, 9.17) is 0 Å². The minimum atomic E-state index is -0.190. The largest absolute Gasteiger partial charge is 0.300 e. The van der Waals surface area contributed by atoms with Crippen LogP contribution >= 0.6 is 34.9 Å². The molecule has 0 aromatic carbocycles. The lowest BCUT2D eigenvalue weighted by Gasteiger charge is -2.08. The first-order valence-electron chi connectivity index (χ1n) is 6.50. The van der Waals surface area contributed by atoms with Crippen molar-refractivity contribution in [3.63, 3.8) is 0 Å². The molecule has 0 aliphatic carbocycles. The Morgan fingerprint density at radius 3 is 3.00 bits per heavy atom. The maximum atomic E-state index is 12.2. The van der Waals surface area contributed by atoms with Crippen molar-refractivity contribution < 1.29 is 4.79 Å². The predicted octanol–water partition coefficient (Wildman–Crippen LogP) is 1.32. The lowest BCUT2D eigenvalue weighted by Crippen LogP contribution is -2.23. The second-order valence-corrected chi connectivity index (χ2v) is 7.83. The number of hydrogen-bond acceptors (Lipinski definition) is 8. The van der Waals surface area contributed by atoms with Gasteiger partial charge in [0, 0.05) is 19.2 Å². The van der Waals surface area contributed by atoms with E-state index in [2.05, 4.69) is 20.5 Å². The van der Waals surface area contributed by atoms with Crippen LogP contribution < -0.4 is 10.9 Å². The van der Waals surface area contributed by atoms with E-state index in [1.807, 2.05) is 6.92 Å². The molecule has 0 fully saturated rings. The Balaban J connectivity index is 1.68. The highest BCUT2D eigenvalue weighted by molar-refractivity contribution is 8.00. The fourth-order valence-corrected chi connectivity index (χ4v) is 4.40. The number of amides is 1. The van der Waals surface area contributed by atoms with Gasteiger partial charge in [-0.05, 0) is 6.92 Å². The normalized spacial score (nSPS) is 13.2. The van der Waals surface area contributed by atoms with E-state index >= 15 is 0 Å². The summed E-state index contributed by atoms with van der Waals surface area (Å²) in [6.45, 7) is 1.82. The summed E-state index contributed by atoms with van der Waals surface area (Å²) in [6.07, 6.45) is 0.805. The molecule has 1 aliphatic rings. The zero-order chi connectivity index (χ0) is 15.7. The molecule has 0 unspecified atom stereocenters. The van der Waals surface area contributed by atoms with Gasteiger partial charge in [-0.15, -0.1) is 22.0 Å². The molecule has 2 aromatic heterocycles. The van der Waals surface area contributed by atoms with E-state index in [0.29, 0.717) is 10.3 Å². The highest BCUT2D eigenvalue weighted by Crippen LogP contribution is 2.28. The summed E-state index contributed by atoms with van der Waals surface area (Å²) >= 11 is 4.12. The standard InChI is InChI=1S/C12H13N5O2S3/c1-6-15-16-11(22-6)14-8(18)5-21-12-13-7-3-4-20-9(7)10(19)17(12)2/h3-5H2,1-2H3,(H,14,16,18). The van der Waals surface area contributed by atoms with Gasteiger partial charge in [0.1, 0.15) is 5.01 Å². The molecule has 2 aromatic rings. The van der Waals surface area contributed by atoms with Gasteiger partial charge in [-0.2, -0.15) is 0 Å². The molecular formula is C12H13N5O2S3. The summed E-state index contributed by atoms with van der Waals surface area (Å²) in [7, 11) is 1.68. The number of thioether (sulfide) groups is 2. The van der Waals surface area contributed by atoms with E-state index in [9.17, 15) is 9.59 Å². The Kier molecular flexibility index (Phi) is 4.50. The smallest absolute Gasteiger partial charge is 0.267 e. The van der Waals surface area contributed by atoms with Gasteiger partial charge < -0.3 is 0 Å². The summed E-state index contributed by atoms with van der Waals surface area (Å²) in [5.74, 6) is 0.873. The van der Waals surface area contributed by atoms with E-state index < -0.39 is 0 Å². The van der Waals surface area contributed by atoms with E-state index in [1.54, 1.807) is 18.8 Å². The van der Waals surface area contributed by atoms with Crippen LogP contribution in [0, 0.1) is 6.92 Å². The lowest BCUT2D eigenvalue weighted by molar-refractivity contribution is -0.113. The molecule has 1 N–H and O–H groups in total. The lowest BCUT2D eigenvalue weighted by atomic mass is 10.3. The molecule has 7 nitrogen and oxygen atoms in total. The molecule has 0 atom stereocenters. The summed E-state index contributed by atoms with van der Waals surface area (Å²) in [6, 6.07) is 0. The average molecular weight is 355 g/mol. The van der Waals surface area contributed by atoms with Crippen molar-refractivity contribution in [1.82, 2.24) is 19.7 Å². The molecule has 1 aliphatic heterocycles. The zero-order valence-corrected chi connectivity index (χ0v) is 14.4. The van der Waals surface area contributed by atoms with Crippen LogP contribution in [0.15, 0.2) is 14.8 Å². The van der Waals surface area contributed by atoms with E-state index in [1.165, 1.54) is 27.7 Å². The van der Waals surface area contributed by atoms with Crippen LogP contribution in [0.5, 0.6) is 0 Å². The molecule has 0 saturated heterocycles. The predicted molar refractivity (Wildman–Crippen MR) is 87.9 cm³/mol. The Labute approximate surface area is 138 Å². The molecule has 0 spiro atoms. The van der Waals surface area contributed by atoms with Crippen molar-refractivity contribution in [2.24, 2.45) is 7.05 Å². The minimum absolute atomic E-state index is 0.0323. The number of carbonyl (C=O) groups is 1. The van der Waals surface area contributed by atoms with E-state index in [-0.39, 0.29) is 17.2 Å². The van der Waals surface area contributed by atoms with Crippen molar-refractivity contribution >= 4 is 45.9 Å². The van der Waals surface area contributed by atoms with Crippen LogP contribution in [0.3, 0.4) is 0 Å². The molecule has 3 rings (SSSR count). The average Bonchev–Trinajstić information content (AvgIpc) is 3.10. The highest BCUT2D eigenvalue weighted by Gasteiger charge is 2.20. The monoisotopic (exact) mass is 355 g/mol. The number of anilines is 1. The number of aryl methyl sites for hydroxylation is 2. The molecule has 1 amide bonds. The Hall–Kier alpha value is -1.39. The van der Waals surface area contributed by atoms with Crippen LogP contribution in [0.1, 0.15) is 10.7 Å². The number of nitrogens with one attached hydrogen (secondary N) is 1. The van der Waals surface area contributed by atoms with Gasteiger partial charge in [-0.1, -0.05) is 23.1 Å². The quantitative estimate of drug-likeness (QED) is 0.653. The number of fused-ring (bicyclic) bond motifs is 1. The first-order valence-corrected chi connectivity index (χ1v) is 9.29. The SMILES string of the molecule is Cc1nnc(NC(=O)CSc2nc3c(c(=O)n2C)SCC3)s1. The molecular weight excluding hydrogens is 342 g/mol. The molecule has 22 heavy (non-hydrogen) atoms. The van der Waals surface area contributed by atoms with Crippen LogP contribution in [-0.2, 0) is 18.3 Å². The Morgan fingerprint density at radius 1 is 1.45 bits per heavy atom. The van der Waals surface area contributed by atoms with Crippen LogP contribution in [0.4, 0.5) is 5.13 Å². The summed E-state index contributed by atoms with van der Waals surface area (Å²) in [5.41, 5.74) is 0.811. The second-order valence-electron chi connectivity index (χ2n) is 4.60. The van der Waals surface area contributed by atoms with Crippen LogP contribution in [-0.4, -0.2) is 37.2 Å². The van der Waals surface area contributed by atoms with Crippen molar-refractivity contribution in [2.45, 2.75) is 23.4 Å². The van der Waals surface area contributed by atoms with Crippen molar-refractivity contribution in [2.75, 3.05) is 16.8 Å². The summed E-state index contributed by atoms with van der Waals surface area (Å²) in [4.78, 5) is 29.3. The number of rotatable bonds is 4. The third-order valence-corrected chi connectivity index (χ3v) is 5.86. The molecule has 0 saturated carbocycles. The van der Waals surface area contributed by atoms with Crippen LogP contribution in [0.2, 0.25) is 0 Å². The van der Waals surface area contributed by atoms with Gasteiger partial charge in [0.15, 0.2) is 5.16 Å². The van der Waals surface area contributed by atoms with Crippen molar-refractivity contribution in [1.29, 1.82) is 0 Å². The molecule has 0 bridgehead atoms. The fraction of sp³-hybridized carbons (Fsp3) is 0.417. The van der Waals surface area contributed by atoms with Gasteiger partial charge in [-0.25, -0.2) is 4.98 Å². The van der Waals surface area contributed by atoms with Crippen LogP contribution in [0.25, 0.3) is 0 Å². The first kappa shape index (κ1) is 15.5. The minimum Gasteiger partial charge on any atom is -0.300 e. The Morgan fingerprint density at radius 2 is 2.27 bits per heavy atom.